The van der Waals surface area contributed by atoms with Crippen LogP contribution in [-0.2, 0) is 21.0 Å². The first kappa shape index (κ1) is 30.4. The van der Waals surface area contributed by atoms with E-state index in [1.807, 2.05) is 49.4 Å². The molecule has 0 aliphatic heterocycles. The highest BCUT2D eigenvalue weighted by Gasteiger charge is 2.34. The SMILES string of the molecule is COc1ccc(S(=O)(=O)N(CC(=O)NC(c2ccccc2)c2cccc(C)c2)c2cccc(C(F)(F)F)c2)cc1OC. The molecule has 1 N–H and O–H groups in total. The summed E-state index contributed by atoms with van der Waals surface area (Å²) in [6.45, 7) is 1.10. The van der Waals surface area contributed by atoms with E-state index < -0.39 is 40.3 Å². The van der Waals surface area contributed by atoms with Gasteiger partial charge in [0.05, 0.1) is 36.4 Å². The van der Waals surface area contributed by atoms with Gasteiger partial charge in [-0.2, -0.15) is 13.2 Å². The Hall–Kier alpha value is -4.51. The lowest BCUT2D eigenvalue weighted by atomic mass is 9.97. The van der Waals surface area contributed by atoms with Crippen LogP contribution in [0.3, 0.4) is 0 Å². The summed E-state index contributed by atoms with van der Waals surface area (Å²) in [4.78, 5) is 13.3. The number of carbonyl (C=O) groups is 1. The van der Waals surface area contributed by atoms with E-state index in [2.05, 4.69) is 5.32 Å². The zero-order chi connectivity index (χ0) is 30.5. The van der Waals surface area contributed by atoms with E-state index in [0.29, 0.717) is 10.4 Å². The van der Waals surface area contributed by atoms with Gasteiger partial charge in [-0.15, -0.1) is 0 Å². The number of benzene rings is 4. The van der Waals surface area contributed by atoms with Gasteiger partial charge < -0.3 is 14.8 Å². The Morgan fingerprint density at radius 1 is 0.833 bits per heavy atom. The van der Waals surface area contributed by atoms with Gasteiger partial charge >= 0.3 is 6.18 Å². The number of nitrogens with one attached hydrogen (secondary N) is 1. The molecule has 4 rings (SSSR count). The second kappa shape index (κ2) is 12.6. The van der Waals surface area contributed by atoms with Crippen LogP contribution in [0, 0.1) is 6.92 Å². The molecule has 4 aromatic carbocycles. The second-order valence-electron chi connectivity index (χ2n) is 9.40. The molecule has 42 heavy (non-hydrogen) atoms. The quantitative estimate of drug-likeness (QED) is 0.237. The summed E-state index contributed by atoms with van der Waals surface area (Å²) in [5.41, 5.74) is 1.05. The topological polar surface area (TPSA) is 84.9 Å². The minimum Gasteiger partial charge on any atom is -0.493 e. The molecule has 4 aromatic rings. The van der Waals surface area contributed by atoms with Crippen LogP contribution < -0.4 is 19.1 Å². The van der Waals surface area contributed by atoms with Gasteiger partial charge in [0.1, 0.15) is 6.54 Å². The Balaban J connectivity index is 1.77. The van der Waals surface area contributed by atoms with Gasteiger partial charge in [0, 0.05) is 6.07 Å². The van der Waals surface area contributed by atoms with Crippen molar-refractivity contribution >= 4 is 21.6 Å². The average molecular weight is 599 g/mol. The third-order valence-corrected chi connectivity index (χ3v) is 8.28. The Morgan fingerprint density at radius 2 is 1.50 bits per heavy atom. The molecule has 0 radical (unpaired) electrons. The maximum atomic E-state index is 13.9. The van der Waals surface area contributed by atoms with Crippen LogP contribution in [-0.4, -0.2) is 35.1 Å². The minimum atomic E-state index is -4.74. The molecular formula is C31H29F3N2O5S. The molecular weight excluding hydrogens is 569 g/mol. The number of ether oxygens (including phenoxy) is 2. The molecule has 0 heterocycles. The third kappa shape index (κ3) is 6.85. The van der Waals surface area contributed by atoms with E-state index in [1.54, 1.807) is 12.1 Å². The van der Waals surface area contributed by atoms with Crippen molar-refractivity contribution in [3.63, 3.8) is 0 Å². The lowest BCUT2D eigenvalue weighted by molar-refractivity contribution is -0.137. The van der Waals surface area contributed by atoms with Crippen LogP contribution in [0.2, 0.25) is 0 Å². The van der Waals surface area contributed by atoms with Gasteiger partial charge in [0.2, 0.25) is 5.91 Å². The van der Waals surface area contributed by atoms with Crippen LogP contribution in [0.4, 0.5) is 18.9 Å². The summed E-state index contributed by atoms with van der Waals surface area (Å²) in [5, 5.41) is 2.87. The van der Waals surface area contributed by atoms with Crippen LogP contribution in [0.15, 0.2) is 102 Å². The zero-order valence-electron chi connectivity index (χ0n) is 23.1. The number of rotatable bonds is 10. The number of hydrogen-bond donors (Lipinski definition) is 1. The van der Waals surface area contributed by atoms with Crippen LogP contribution in [0.1, 0.15) is 28.3 Å². The van der Waals surface area contributed by atoms with Gasteiger partial charge in [-0.3, -0.25) is 9.10 Å². The molecule has 0 aromatic heterocycles. The van der Waals surface area contributed by atoms with E-state index in [9.17, 15) is 26.4 Å². The second-order valence-corrected chi connectivity index (χ2v) is 11.3. The Labute approximate surface area is 242 Å². The van der Waals surface area contributed by atoms with Gasteiger partial charge in [0.15, 0.2) is 11.5 Å². The minimum absolute atomic E-state index is 0.0932. The first-order valence-electron chi connectivity index (χ1n) is 12.8. The summed E-state index contributed by atoms with van der Waals surface area (Å²) in [7, 11) is -1.87. The van der Waals surface area contributed by atoms with Crippen molar-refractivity contribution in [2.24, 2.45) is 0 Å². The highest BCUT2D eigenvalue weighted by molar-refractivity contribution is 7.92. The predicted molar refractivity (Wildman–Crippen MR) is 153 cm³/mol. The van der Waals surface area contributed by atoms with E-state index in [1.165, 1.54) is 38.5 Å². The molecule has 0 saturated heterocycles. The number of nitrogens with zero attached hydrogens (tertiary/aromatic N) is 1. The molecule has 0 saturated carbocycles. The molecule has 0 fully saturated rings. The number of aryl methyl sites for hydroxylation is 1. The van der Waals surface area contributed by atoms with E-state index in [-0.39, 0.29) is 22.1 Å². The number of anilines is 1. The Bertz CT molecular complexity index is 1660. The molecule has 0 spiro atoms. The smallest absolute Gasteiger partial charge is 0.416 e. The van der Waals surface area contributed by atoms with Crippen molar-refractivity contribution in [2.75, 3.05) is 25.1 Å². The maximum absolute atomic E-state index is 13.9. The number of sulfonamides is 1. The van der Waals surface area contributed by atoms with Crippen molar-refractivity contribution in [1.82, 2.24) is 5.32 Å². The van der Waals surface area contributed by atoms with Gasteiger partial charge in [-0.1, -0.05) is 66.2 Å². The molecule has 7 nitrogen and oxygen atoms in total. The summed E-state index contributed by atoms with van der Waals surface area (Å²) in [5.74, 6) is -0.383. The molecule has 220 valence electrons. The molecule has 1 unspecified atom stereocenters. The van der Waals surface area contributed by atoms with E-state index >= 15 is 0 Å². The van der Waals surface area contributed by atoms with Crippen molar-refractivity contribution in [3.05, 3.63) is 119 Å². The number of hydrogen-bond acceptors (Lipinski definition) is 5. The largest absolute Gasteiger partial charge is 0.493 e. The molecule has 0 aliphatic carbocycles. The standard InChI is InChI=1S/C31H29F3N2O5S/c1-21-9-7-12-23(17-21)30(22-10-5-4-6-11-22)35-29(37)20-36(25-14-8-13-24(18-25)31(32,33)34)42(38,39)26-15-16-27(40-2)28(19-26)41-3/h4-19,30H,20H2,1-3H3,(H,35,37). The number of amides is 1. The first-order chi connectivity index (χ1) is 19.9. The summed E-state index contributed by atoms with van der Waals surface area (Å²) in [6.07, 6.45) is -4.74. The molecule has 11 heteroatoms. The lowest BCUT2D eigenvalue weighted by Crippen LogP contribution is -2.42. The molecule has 1 amide bonds. The summed E-state index contributed by atoms with van der Waals surface area (Å²) >= 11 is 0. The van der Waals surface area contributed by atoms with E-state index in [0.717, 1.165) is 28.8 Å². The molecule has 1 atom stereocenters. The van der Waals surface area contributed by atoms with Crippen molar-refractivity contribution in [1.29, 1.82) is 0 Å². The van der Waals surface area contributed by atoms with Crippen LogP contribution in [0.5, 0.6) is 11.5 Å². The van der Waals surface area contributed by atoms with Gasteiger partial charge in [-0.25, -0.2) is 8.42 Å². The number of halogens is 3. The van der Waals surface area contributed by atoms with Crippen LogP contribution >= 0.6 is 0 Å². The Morgan fingerprint density at radius 3 is 2.14 bits per heavy atom. The lowest BCUT2D eigenvalue weighted by Gasteiger charge is -2.27. The zero-order valence-corrected chi connectivity index (χ0v) is 23.9. The van der Waals surface area contributed by atoms with Crippen LogP contribution in [0.25, 0.3) is 0 Å². The fraction of sp³-hybridized carbons (Fsp3) is 0.194. The highest BCUT2D eigenvalue weighted by Crippen LogP contribution is 2.35. The van der Waals surface area contributed by atoms with Gasteiger partial charge in [0.25, 0.3) is 10.0 Å². The molecule has 0 bridgehead atoms. The number of carbonyl (C=O) groups excluding carboxylic acids is 1. The van der Waals surface area contributed by atoms with Crippen molar-refractivity contribution in [2.45, 2.75) is 24.0 Å². The third-order valence-electron chi connectivity index (χ3n) is 6.51. The average Bonchev–Trinajstić information content (AvgIpc) is 2.98. The first-order valence-corrected chi connectivity index (χ1v) is 14.2. The normalized spacial score (nSPS) is 12.3. The van der Waals surface area contributed by atoms with E-state index in [4.69, 9.17) is 9.47 Å². The summed E-state index contributed by atoms with van der Waals surface area (Å²) < 4.78 is 79.7. The summed E-state index contributed by atoms with van der Waals surface area (Å²) in [6, 6.07) is 23.5. The molecule has 0 aliphatic rings. The highest BCUT2D eigenvalue weighted by atomic mass is 32.2. The maximum Gasteiger partial charge on any atom is 0.416 e. The van der Waals surface area contributed by atoms with Crippen molar-refractivity contribution < 1.29 is 35.9 Å². The fourth-order valence-electron chi connectivity index (χ4n) is 4.45. The monoisotopic (exact) mass is 598 g/mol. The predicted octanol–water partition coefficient (Wildman–Crippen LogP) is 6.13. The number of alkyl halides is 3. The fourth-order valence-corrected chi connectivity index (χ4v) is 5.88. The van der Waals surface area contributed by atoms with Crippen molar-refractivity contribution in [3.8, 4) is 11.5 Å². The number of methoxy groups -OCH3 is 2. The van der Waals surface area contributed by atoms with Gasteiger partial charge in [-0.05, 0) is 48.4 Å². The Kier molecular flexibility index (Phi) is 9.11.